The standard InChI is InChI=1S/C21H23ClN6O/c1-5-16-20(29)26(4)17-12-24-21(25-19(17)28(16)13(2)3)27-10-9-23-18(27)14-7-6-8-15(22)11-14/h6-13,16H,5H2,1-4H3. The summed E-state index contributed by atoms with van der Waals surface area (Å²) in [6, 6.07) is 7.39. The van der Waals surface area contributed by atoms with Crippen LogP contribution in [0.2, 0.25) is 5.02 Å². The minimum absolute atomic E-state index is 0.0623. The van der Waals surface area contributed by atoms with Gasteiger partial charge in [-0.05, 0) is 32.4 Å². The number of nitrogens with zero attached hydrogens (tertiary/aromatic N) is 6. The first kappa shape index (κ1) is 19.4. The number of benzene rings is 1. The largest absolute Gasteiger partial charge is 0.340 e. The van der Waals surface area contributed by atoms with Crippen LogP contribution in [0.3, 0.4) is 0 Å². The topological polar surface area (TPSA) is 67.2 Å². The molecular formula is C21H23ClN6O. The predicted molar refractivity (Wildman–Crippen MR) is 115 cm³/mol. The SMILES string of the molecule is CCC1C(=O)N(C)c2cnc(-n3ccnc3-c3cccc(Cl)c3)nc2N1C(C)C. The molecule has 3 aromatic rings. The maximum atomic E-state index is 12.8. The molecule has 2 aromatic heterocycles. The van der Waals surface area contributed by atoms with E-state index in [2.05, 4.69) is 28.7 Å². The van der Waals surface area contributed by atoms with Gasteiger partial charge < -0.3 is 9.80 Å². The summed E-state index contributed by atoms with van der Waals surface area (Å²) in [6.07, 6.45) is 5.95. The molecule has 0 fully saturated rings. The average molecular weight is 411 g/mol. The van der Waals surface area contributed by atoms with Gasteiger partial charge in [0, 0.05) is 36.1 Å². The van der Waals surface area contributed by atoms with Crippen LogP contribution in [0.1, 0.15) is 27.2 Å². The van der Waals surface area contributed by atoms with E-state index in [4.69, 9.17) is 16.6 Å². The zero-order valence-electron chi connectivity index (χ0n) is 16.9. The number of anilines is 2. The van der Waals surface area contributed by atoms with Gasteiger partial charge in [0.2, 0.25) is 11.9 Å². The van der Waals surface area contributed by atoms with E-state index in [0.29, 0.717) is 28.9 Å². The number of aromatic nitrogens is 4. The van der Waals surface area contributed by atoms with Crippen molar-refractivity contribution < 1.29 is 4.79 Å². The van der Waals surface area contributed by atoms with Crippen molar-refractivity contribution in [3.8, 4) is 17.3 Å². The van der Waals surface area contributed by atoms with E-state index < -0.39 is 0 Å². The highest BCUT2D eigenvalue weighted by molar-refractivity contribution is 6.30. The third-order valence-corrected chi connectivity index (χ3v) is 5.41. The van der Waals surface area contributed by atoms with Gasteiger partial charge in [-0.2, -0.15) is 4.98 Å². The number of likely N-dealkylation sites (N-methyl/N-ethyl adjacent to an activating group) is 1. The van der Waals surface area contributed by atoms with Crippen molar-refractivity contribution in [2.75, 3.05) is 16.8 Å². The van der Waals surface area contributed by atoms with E-state index in [1.54, 1.807) is 24.3 Å². The van der Waals surface area contributed by atoms with Crippen LogP contribution in [0, 0.1) is 0 Å². The molecule has 0 bridgehead atoms. The molecule has 1 amide bonds. The van der Waals surface area contributed by atoms with Crippen molar-refractivity contribution in [1.82, 2.24) is 19.5 Å². The zero-order chi connectivity index (χ0) is 20.7. The number of amides is 1. The molecule has 4 rings (SSSR count). The molecule has 1 atom stereocenters. The lowest BCUT2D eigenvalue weighted by atomic mass is 10.1. The number of carbonyl (C=O) groups is 1. The van der Waals surface area contributed by atoms with Crippen LogP contribution >= 0.6 is 11.6 Å². The summed E-state index contributed by atoms with van der Waals surface area (Å²) in [5.74, 6) is 2.02. The summed E-state index contributed by atoms with van der Waals surface area (Å²) in [4.78, 5) is 30.4. The van der Waals surface area contributed by atoms with Crippen LogP contribution in [-0.4, -0.2) is 44.6 Å². The molecular weight excluding hydrogens is 388 g/mol. The number of hydrogen-bond donors (Lipinski definition) is 0. The van der Waals surface area contributed by atoms with Crippen LogP contribution in [0.15, 0.2) is 42.9 Å². The van der Waals surface area contributed by atoms with E-state index in [1.807, 2.05) is 42.0 Å². The molecule has 1 aliphatic heterocycles. The Morgan fingerprint density at radius 3 is 2.72 bits per heavy atom. The highest BCUT2D eigenvalue weighted by Crippen LogP contribution is 2.36. The summed E-state index contributed by atoms with van der Waals surface area (Å²) in [5, 5.41) is 0.639. The van der Waals surface area contributed by atoms with E-state index in [9.17, 15) is 4.79 Å². The number of carbonyl (C=O) groups excluding carboxylic acids is 1. The summed E-state index contributed by atoms with van der Waals surface area (Å²) in [5.41, 5.74) is 1.59. The molecule has 0 saturated heterocycles. The fourth-order valence-corrected chi connectivity index (χ4v) is 3.98. The fourth-order valence-electron chi connectivity index (χ4n) is 3.79. The van der Waals surface area contributed by atoms with Crippen molar-refractivity contribution in [3.63, 3.8) is 0 Å². The van der Waals surface area contributed by atoms with Crippen molar-refractivity contribution in [2.45, 2.75) is 39.3 Å². The number of rotatable bonds is 4. The maximum Gasteiger partial charge on any atom is 0.249 e. The van der Waals surface area contributed by atoms with Gasteiger partial charge in [0.05, 0.1) is 6.20 Å². The molecule has 150 valence electrons. The van der Waals surface area contributed by atoms with Crippen molar-refractivity contribution in [3.05, 3.63) is 47.9 Å². The first-order valence-corrected chi connectivity index (χ1v) is 10.0. The fraction of sp³-hybridized carbons (Fsp3) is 0.333. The van der Waals surface area contributed by atoms with Gasteiger partial charge >= 0.3 is 0 Å². The Kier molecular flexibility index (Phi) is 5.00. The lowest BCUT2D eigenvalue weighted by Crippen LogP contribution is -2.55. The molecule has 0 spiro atoms. The van der Waals surface area contributed by atoms with Crippen LogP contribution in [0.4, 0.5) is 11.5 Å². The van der Waals surface area contributed by atoms with Crippen molar-refractivity contribution in [2.24, 2.45) is 0 Å². The molecule has 7 nitrogen and oxygen atoms in total. The Bertz CT molecular complexity index is 1060. The van der Waals surface area contributed by atoms with Crippen molar-refractivity contribution >= 4 is 29.0 Å². The Hall–Kier alpha value is -2.93. The van der Waals surface area contributed by atoms with Crippen molar-refractivity contribution in [1.29, 1.82) is 0 Å². The minimum Gasteiger partial charge on any atom is -0.340 e. The second-order valence-electron chi connectivity index (χ2n) is 7.33. The Labute approximate surface area is 175 Å². The molecule has 0 aliphatic carbocycles. The van der Waals surface area contributed by atoms with Gasteiger partial charge in [-0.25, -0.2) is 9.97 Å². The third kappa shape index (κ3) is 3.25. The first-order valence-electron chi connectivity index (χ1n) is 9.65. The number of imidazole rings is 1. The van der Waals surface area contributed by atoms with E-state index in [0.717, 1.165) is 11.4 Å². The molecule has 0 radical (unpaired) electrons. The van der Waals surface area contributed by atoms with Gasteiger partial charge in [-0.15, -0.1) is 0 Å². The lowest BCUT2D eigenvalue weighted by molar-refractivity contribution is -0.120. The summed E-state index contributed by atoms with van der Waals surface area (Å²) >= 11 is 6.16. The lowest BCUT2D eigenvalue weighted by Gasteiger charge is -2.42. The van der Waals surface area contributed by atoms with Gasteiger partial charge in [-0.1, -0.05) is 30.7 Å². The number of fused-ring (bicyclic) bond motifs is 1. The highest BCUT2D eigenvalue weighted by atomic mass is 35.5. The van der Waals surface area contributed by atoms with Gasteiger partial charge in [0.25, 0.3) is 0 Å². The molecule has 1 aromatic carbocycles. The second-order valence-corrected chi connectivity index (χ2v) is 7.77. The highest BCUT2D eigenvalue weighted by Gasteiger charge is 2.38. The van der Waals surface area contributed by atoms with Crippen LogP contribution in [-0.2, 0) is 4.79 Å². The smallest absolute Gasteiger partial charge is 0.249 e. The molecule has 0 saturated carbocycles. The molecule has 8 heteroatoms. The molecule has 29 heavy (non-hydrogen) atoms. The molecule has 1 aliphatic rings. The predicted octanol–water partition coefficient (Wildman–Crippen LogP) is 3.95. The van der Waals surface area contributed by atoms with E-state index in [-0.39, 0.29) is 18.0 Å². The van der Waals surface area contributed by atoms with E-state index in [1.165, 1.54) is 0 Å². The quantitative estimate of drug-likeness (QED) is 0.651. The van der Waals surface area contributed by atoms with Crippen LogP contribution < -0.4 is 9.80 Å². The summed E-state index contributed by atoms with van der Waals surface area (Å²) < 4.78 is 1.84. The number of hydrogen-bond acceptors (Lipinski definition) is 5. The summed E-state index contributed by atoms with van der Waals surface area (Å²) in [6.45, 7) is 6.16. The Morgan fingerprint density at radius 2 is 2.03 bits per heavy atom. The third-order valence-electron chi connectivity index (χ3n) is 5.18. The van der Waals surface area contributed by atoms with Crippen LogP contribution in [0.25, 0.3) is 17.3 Å². The minimum atomic E-state index is -0.245. The normalized spacial score (nSPS) is 16.5. The number of halogens is 1. The first-order chi connectivity index (χ1) is 13.9. The average Bonchev–Trinajstić information content (AvgIpc) is 3.19. The Morgan fingerprint density at radius 1 is 1.24 bits per heavy atom. The van der Waals surface area contributed by atoms with Crippen LogP contribution in [0.5, 0.6) is 0 Å². The van der Waals surface area contributed by atoms with E-state index >= 15 is 0 Å². The Balaban J connectivity index is 1.85. The maximum absolute atomic E-state index is 12.8. The molecule has 1 unspecified atom stereocenters. The van der Waals surface area contributed by atoms with Gasteiger partial charge in [0.15, 0.2) is 5.82 Å². The molecule has 0 N–H and O–H groups in total. The molecule has 3 heterocycles. The van der Waals surface area contributed by atoms with Gasteiger partial charge in [-0.3, -0.25) is 9.36 Å². The summed E-state index contributed by atoms with van der Waals surface area (Å²) in [7, 11) is 1.78. The second kappa shape index (κ2) is 7.48. The zero-order valence-corrected chi connectivity index (χ0v) is 17.6. The monoisotopic (exact) mass is 410 g/mol. The van der Waals surface area contributed by atoms with Gasteiger partial charge in [0.1, 0.15) is 17.6 Å².